The number of hydrogen-bond donors (Lipinski definition) is 0. The number of piperazine rings is 1. The van der Waals surface area contributed by atoms with Gasteiger partial charge in [0.05, 0.1) is 6.04 Å². The molecule has 2 aromatic heterocycles. The first-order valence-electron chi connectivity index (χ1n) is 9.48. The minimum Gasteiger partial charge on any atom is -0.359 e. The van der Waals surface area contributed by atoms with E-state index in [1.807, 2.05) is 18.5 Å². The van der Waals surface area contributed by atoms with Gasteiger partial charge >= 0.3 is 0 Å². The van der Waals surface area contributed by atoms with Crippen molar-refractivity contribution in [1.29, 1.82) is 0 Å². The summed E-state index contributed by atoms with van der Waals surface area (Å²) >= 11 is 0. The highest BCUT2D eigenvalue weighted by atomic mass is 15.3. The Kier molecular flexibility index (Phi) is 4.72. The van der Waals surface area contributed by atoms with Crippen molar-refractivity contribution in [3.05, 3.63) is 35.5 Å². The van der Waals surface area contributed by atoms with Crippen LogP contribution in [0.3, 0.4) is 0 Å². The lowest BCUT2D eigenvalue weighted by Gasteiger charge is -2.38. The summed E-state index contributed by atoms with van der Waals surface area (Å²) in [5, 5.41) is 0. The molecular weight excluding hydrogens is 326 g/mol. The summed E-state index contributed by atoms with van der Waals surface area (Å²) in [5.41, 5.74) is 2.45. The van der Waals surface area contributed by atoms with Crippen LogP contribution in [0.15, 0.2) is 18.5 Å². The van der Waals surface area contributed by atoms with Crippen LogP contribution in [0.4, 0.5) is 11.8 Å². The van der Waals surface area contributed by atoms with Crippen LogP contribution >= 0.6 is 0 Å². The number of fused-ring (bicyclic) bond motifs is 1. The minimum atomic E-state index is 0.232. The Bertz CT molecular complexity index is 756. The van der Waals surface area contributed by atoms with E-state index in [1.54, 1.807) is 0 Å². The van der Waals surface area contributed by atoms with E-state index in [0.29, 0.717) is 0 Å². The molecular formula is C19H27N7. The molecule has 26 heavy (non-hydrogen) atoms. The first-order chi connectivity index (χ1) is 12.6. The fraction of sp³-hybridized carbons (Fsp3) is 0.579. The molecule has 1 atom stereocenters. The molecule has 2 aliphatic heterocycles. The van der Waals surface area contributed by atoms with Gasteiger partial charge in [0.25, 0.3) is 0 Å². The molecule has 0 radical (unpaired) electrons. The molecule has 0 bridgehead atoms. The molecule has 0 spiro atoms. The van der Waals surface area contributed by atoms with Crippen LogP contribution < -0.4 is 9.80 Å². The van der Waals surface area contributed by atoms with Gasteiger partial charge in [-0.25, -0.2) is 15.0 Å². The minimum absolute atomic E-state index is 0.232. The molecule has 0 amide bonds. The maximum absolute atomic E-state index is 4.90. The Hall–Kier alpha value is -2.28. The number of aromatic nitrogens is 4. The molecule has 2 aliphatic rings. The van der Waals surface area contributed by atoms with Crippen molar-refractivity contribution in [2.45, 2.75) is 32.7 Å². The van der Waals surface area contributed by atoms with Crippen LogP contribution in [-0.2, 0) is 6.42 Å². The van der Waals surface area contributed by atoms with Crippen molar-refractivity contribution in [1.82, 2.24) is 24.8 Å². The smallest absolute Gasteiger partial charge is 0.227 e. The highest BCUT2D eigenvalue weighted by Gasteiger charge is 2.26. The second-order valence-electron chi connectivity index (χ2n) is 7.24. The quantitative estimate of drug-likeness (QED) is 0.834. The summed E-state index contributed by atoms with van der Waals surface area (Å²) in [5.74, 6) is 2.88. The molecule has 0 N–H and O–H groups in total. The van der Waals surface area contributed by atoms with Gasteiger partial charge in [0.1, 0.15) is 11.6 Å². The first kappa shape index (κ1) is 17.1. The summed E-state index contributed by atoms with van der Waals surface area (Å²) in [4.78, 5) is 25.5. The van der Waals surface area contributed by atoms with Gasteiger partial charge in [0, 0.05) is 63.4 Å². The molecule has 0 aromatic carbocycles. The Labute approximate surface area is 155 Å². The second kappa shape index (κ2) is 7.15. The van der Waals surface area contributed by atoms with Gasteiger partial charge in [0.15, 0.2) is 0 Å². The average Bonchev–Trinajstić information content (AvgIpc) is 2.69. The van der Waals surface area contributed by atoms with Crippen molar-refractivity contribution < 1.29 is 0 Å². The van der Waals surface area contributed by atoms with E-state index in [2.05, 4.69) is 45.6 Å². The molecule has 0 aliphatic carbocycles. The van der Waals surface area contributed by atoms with Gasteiger partial charge in [0.2, 0.25) is 5.95 Å². The molecule has 138 valence electrons. The number of nitrogens with zero attached hydrogens (tertiary/aromatic N) is 7. The predicted molar refractivity (Wildman–Crippen MR) is 103 cm³/mol. The van der Waals surface area contributed by atoms with Gasteiger partial charge in [-0.1, -0.05) is 0 Å². The van der Waals surface area contributed by atoms with Gasteiger partial charge < -0.3 is 9.80 Å². The molecule has 4 rings (SSSR count). The summed E-state index contributed by atoms with van der Waals surface area (Å²) < 4.78 is 0. The molecule has 1 unspecified atom stereocenters. The maximum atomic E-state index is 4.90. The van der Waals surface area contributed by atoms with Crippen molar-refractivity contribution in [3.8, 4) is 0 Å². The fourth-order valence-electron chi connectivity index (χ4n) is 3.91. The van der Waals surface area contributed by atoms with E-state index in [9.17, 15) is 0 Å². The van der Waals surface area contributed by atoms with Crippen LogP contribution in [0, 0.1) is 6.92 Å². The zero-order valence-corrected chi connectivity index (χ0v) is 15.9. The Morgan fingerprint density at radius 3 is 2.46 bits per heavy atom. The third-order valence-corrected chi connectivity index (χ3v) is 5.57. The number of aryl methyl sites for hydroxylation is 1. The third-order valence-electron chi connectivity index (χ3n) is 5.57. The lowest BCUT2D eigenvalue weighted by Crippen LogP contribution is -2.48. The Morgan fingerprint density at radius 1 is 1.00 bits per heavy atom. The van der Waals surface area contributed by atoms with Crippen LogP contribution in [-0.4, -0.2) is 64.6 Å². The van der Waals surface area contributed by atoms with E-state index in [4.69, 9.17) is 9.97 Å². The molecule has 4 heterocycles. The number of anilines is 2. The average molecular weight is 353 g/mol. The first-order valence-corrected chi connectivity index (χ1v) is 9.48. The van der Waals surface area contributed by atoms with Crippen molar-refractivity contribution in [2.24, 2.45) is 0 Å². The standard InChI is InChI=1S/C19H27N7/c1-14-16-6-4-9-24(3)18(16)23-19(22-14)26-12-10-25(11-13-26)15(2)17-20-7-5-8-21-17/h5,7-8,15H,4,6,9-13H2,1-3H3. The maximum Gasteiger partial charge on any atom is 0.227 e. The number of hydrogen-bond acceptors (Lipinski definition) is 7. The lowest BCUT2D eigenvalue weighted by molar-refractivity contribution is 0.191. The second-order valence-corrected chi connectivity index (χ2v) is 7.24. The normalized spacial score (nSPS) is 19.3. The highest BCUT2D eigenvalue weighted by Crippen LogP contribution is 2.28. The topological polar surface area (TPSA) is 61.3 Å². The summed E-state index contributed by atoms with van der Waals surface area (Å²) in [6, 6.07) is 2.09. The van der Waals surface area contributed by atoms with Crippen LogP contribution in [0.1, 0.15) is 36.5 Å². The van der Waals surface area contributed by atoms with Gasteiger partial charge in [-0.05, 0) is 32.8 Å². The summed E-state index contributed by atoms with van der Waals surface area (Å²) in [6.45, 7) is 9.17. The fourth-order valence-corrected chi connectivity index (χ4v) is 3.91. The van der Waals surface area contributed by atoms with E-state index < -0.39 is 0 Å². The molecule has 2 aromatic rings. The van der Waals surface area contributed by atoms with Crippen LogP contribution in [0.5, 0.6) is 0 Å². The third kappa shape index (κ3) is 3.23. The molecule has 7 nitrogen and oxygen atoms in total. The SMILES string of the molecule is Cc1nc(N2CCN(C(C)c3ncccn3)CC2)nc2c1CCCN2C. The van der Waals surface area contributed by atoms with E-state index in [1.165, 1.54) is 12.0 Å². The largest absolute Gasteiger partial charge is 0.359 e. The summed E-state index contributed by atoms with van der Waals surface area (Å²) in [7, 11) is 2.13. The van der Waals surface area contributed by atoms with Crippen molar-refractivity contribution >= 4 is 11.8 Å². The van der Waals surface area contributed by atoms with Crippen molar-refractivity contribution in [2.75, 3.05) is 49.6 Å². The van der Waals surface area contributed by atoms with Crippen LogP contribution in [0.2, 0.25) is 0 Å². The Balaban J connectivity index is 1.47. The zero-order chi connectivity index (χ0) is 18.1. The molecule has 1 saturated heterocycles. The number of rotatable bonds is 3. The van der Waals surface area contributed by atoms with Gasteiger partial charge in [-0.15, -0.1) is 0 Å². The van der Waals surface area contributed by atoms with Crippen LogP contribution in [0.25, 0.3) is 0 Å². The van der Waals surface area contributed by atoms with Gasteiger partial charge in [-0.3, -0.25) is 4.90 Å². The summed E-state index contributed by atoms with van der Waals surface area (Å²) in [6.07, 6.45) is 5.91. The Morgan fingerprint density at radius 2 is 1.73 bits per heavy atom. The molecule has 1 fully saturated rings. The van der Waals surface area contributed by atoms with Gasteiger partial charge in [-0.2, -0.15) is 4.98 Å². The predicted octanol–water partition coefficient (Wildman–Crippen LogP) is 1.84. The van der Waals surface area contributed by atoms with E-state index in [-0.39, 0.29) is 6.04 Å². The molecule has 7 heteroatoms. The monoisotopic (exact) mass is 353 g/mol. The van der Waals surface area contributed by atoms with Crippen molar-refractivity contribution in [3.63, 3.8) is 0 Å². The van der Waals surface area contributed by atoms with E-state index in [0.717, 1.165) is 62.4 Å². The highest BCUT2D eigenvalue weighted by molar-refractivity contribution is 5.54. The molecule has 0 saturated carbocycles. The van der Waals surface area contributed by atoms with E-state index >= 15 is 0 Å². The zero-order valence-electron chi connectivity index (χ0n) is 15.9. The lowest BCUT2D eigenvalue weighted by atomic mass is 10.0.